The molecule has 152 valence electrons. The van der Waals surface area contributed by atoms with Gasteiger partial charge in [0.25, 0.3) is 11.8 Å². The number of carbonyl (C=O) groups excluding carboxylic acids is 4. The first-order chi connectivity index (χ1) is 13.9. The molecule has 0 spiro atoms. The average molecular weight is 415 g/mol. The Balaban J connectivity index is 1.63. The molecule has 9 heteroatoms. The van der Waals surface area contributed by atoms with E-state index in [9.17, 15) is 19.2 Å². The minimum Gasteiger partial charge on any atom is -0.454 e. The highest BCUT2D eigenvalue weighted by molar-refractivity contribution is 7.12. The van der Waals surface area contributed by atoms with Crippen LogP contribution in [0.2, 0.25) is 0 Å². The fourth-order valence-corrected chi connectivity index (χ4v) is 3.50. The summed E-state index contributed by atoms with van der Waals surface area (Å²) in [6.45, 7) is 2.86. The van der Waals surface area contributed by atoms with Crippen LogP contribution in [0.25, 0.3) is 0 Å². The van der Waals surface area contributed by atoms with Crippen molar-refractivity contribution < 1.29 is 23.9 Å². The van der Waals surface area contributed by atoms with Crippen LogP contribution in [0, 0.1) is 5.92 Å². The van der Waals surface area contributed by atoms with Crippen molar-refractivity contribution in [1.82, 2.24) is 5.32 Å². The lowest BCUT2D eigenvalue weighted by Gasteiger charge is -2.29. The van der Waals surface area contributed by atoms with Crippen LogP contribution in [0.15, 0.2) is 41.8 Å². The number of esters is 1. The van der Waals surface area contributed by atoms with Gasteiger partial charge in [-0.1, -0.05) is 32.0 Å². The van der Waals surface area contributed by atoms with Gasteiger partial charge in [-0.05, 0) is 29.5 Å². The number of nitrogens with zero attached hydrogens (tertiary/aromatic N) is 1. The molecule has 0 fully saturated rings. The maximum absolute atomic E-state index is 12.6. The number of nitrogens with one attached hydrogen (secondary N) is 2. The van der Waals surface area contributed by atoms with Gasteiger partial charge in [0.1, 0.15) is 12.6 Å². The maximum atomic E-state index is 12.6. The zero-order valence-electron chi connectivity index (χ0n) is 16.0. The van der Waals surface area contributed by atoms with Gasteiger partial charge >= 0.3 is 5.97 Å². The molecule has 3 rings (SSSR count). The maximum Gasteiger partial charge on any atom is 0.329 e. The van der Waals surface area contributed by atoms with Gasteiger partial charge < -0.3 is 15.4 Å². The minimum absolute atomic E-state index is 0.157. The van der Waals surface area contributed by atoms with E-state index in [1.54, 1.807) is 55.6 Å². The third-order valence-corrected chi connectivity index (χ3v) is 5.23. The number of thiophene rings is 1. The van der Waals surface area contributed by atoms with Crippen LogP contribution in [-0.2, 0) is 19.1 Å². The second-order valence-corrected chi connectivity index (χ2v) is 7.77. The van der Waals surface area contributed by atoms with Gasteiger partial charge in [0.2, 0.25) is 5.91 Å². The Labute approximate surface area is 171 Å². The Kier molecular flexibility index (Phi) is 6.28. The second-order valence-electron chi connectivity index (χ2n) is 6.83. The summed E-state index contributed by atoms with van der Waals surface area (Å²) in [7, 11) is 0. The fraction of sp³-hybridized carbons (Fsp3) is 0.300. The standard InChI is InChI=1S/C20H21N3O5S/c1-12(2)18(22-19(26)15-8-5-9-29-15)20(27)28-11-17(25)23-10-16(24)21-13-6-3-4-7-14(13)23/h3-9,12,18H,10-11H2,1-2H3,(H,21,24)(H,22,26)/t18-/m1/s1. The second kappa shape index (κ2) is 8.87. The van der Waals surface area contributed by atoms with Crippen molar-refractivity contribution >= 4 is 46.4 Å². The molecule has 2 heterocycles. The van der Waals surface area contributed by atoms with Gasteiger partial charge in [0.15, 0.2) is 6.61 Å². The van der Waals surface area contributed by atoms with Gasteiger partial charge in [-0.3, -0.25) is 19.3 Å². The quantitative estimate of drug-likeness (QED) is 0.703. The van der Waals surface area contributed by atoms with Crippen LogP contribution < -0.4 is 15.5 Å². The molecule has 2 aromatic rings. The van der Waals surface area contributed by atoms with Crippen molar-refractivity contribution in [3.05, 3.63) is 46.7 Å². The van der Waals surface area contributed by atoms with Crippen LogP contribution in [0.4, 0.5) is 11.4 Å². The molecule has 0 unspecified atom stereocenters. The van der Waals surface area contributed by atoms with Crippen LogP contribution >= 0.6 is 11.3 Å². The van der Waals surface area contributed by atoms with E-state index in [0.29, 0.717) is 16.3 Å². The molecule has 0 saturated carbocycles. The normalized spacial score (nSPS) is 14.0. The van der Waals surface area contributed by atoms with Crippen LogP contribution in [0.3, 0.4) is 0 Å². The van der Waals surface area contributed by atoms with E-state index in [0.717, 1.165) is 0 Å². The van der Waals surface area contributed by atoms with E-state index in [4.69, 9.17) is 4.74 Å². The number of carbonyl (C=O) groups is 4. The molecule has 29 heavy (non-hydrogen) atoms. The molecule has 0 saturated heterocycles. The first kappa shape index (κ1) is 20.5. The predicted octanol–water partition coefficient (Wildman–Crippen LogP) is 2.03. The molecule has 1 aromatic carbocycles. The smallest absolute Gasteiger partial charge is 0.329 e. The summed E-state index contributed by atoms with van der Waals surface area (Å²) >= 11 is 1.26. The number of benzene rings is 1. The van der Waals surface area contributed by atoms with Gasteiger partial charge in [-0.15, -0.1) is 11.3 Å². The van der Waals surface area contributed by atoms with Crippen molar-refractivity contribution in [2.45, 2.75) is 19.9 Å². The molecule has 1 atom stereocenters. The number of amides is 3. The first-order valence-corrected chi connectivity index (χ1v) is 9.95. The van der Waals surface area contributed by atoms with Crippen LogP contribution in [0.5, 0.6) is 0 Å². The van der Waals surface area contributed by atoms with Gasteiger partial charge in [-0.2, -0.15) is 0 Å². The molecule has 2 N–H and O–H groups in total. The topological polar surface area (TPSA) is 105 Å². The number of hydrogen-bond donors (Lipinski definition) is 2. The fourth-order valence-electron chi connectivity index (χ4n) is 2.87. The molecule has 0 radical (unpaired) electrons. The van der Waals surface area contributed by atoms with Crippen molar-refractivity contribution in [2.75, 3.05) is 23.4 Å². The Bertz CT molecular complexity index is 926. The summed E-state index contributed by atoms with van der Waals surface area (Å²) in [5.74, 6) is -2.15. The average Bonchev–Trinajstić information content (AvgIpc) is 3.23. The highest BCUT2D eigenvalue weighted by Gasteiger charge is 2.30. The highest BCUT2D eigenvalue weighted by atomic mass is 32.1. The third-order valence-electron chi connectivity index (χ3n) is 4.36. The number of anilines is 2. The number of para-hydroxylation sites is 2. The van der Waals surface area contributed by atoms with E-state index in [1.807, 2.05) is 0 Å². The van der Waals surface area contributed by atoms with E-state index in [1.165, 1.54) is 16.2 Å². The molecule has 3 amide bonds. The SMILES string of the molecule is CC(C)[C@@H](NC(=O)c1cccs1)C(=O)OCC(=O)N1CC(=O)Nc2ccccc21. The van der Waals surface area contributed by atoms with Gasteiger partial charge in [0.05, 0.1) is 16.3 Å². The van der Waals surface area contributed by atoms with Crippen molar-refractivity contribution in [2.24, 2.45) is 5.92 Å². The number of hydrogen-bond acceptors (Lipinski definition) is 6. The summed E-state index contributed by atoms with van der Waals surface area (Å²) < 4.78 is 5.18. The summed E-state index contributed by atoms with van der Waals surface area (Å²) in [4.78, 5) is 51.0. The summed E-state index contributed by atoms with van der Waals surface area (Å²) in [5.41, 5.74) is 1.06. The van der Waals surface area contributed by atoms with E-state index >= 15 is 0 Å². The lowest BCUT2D eigenvalue weighted by atomic mass is 10.0. The molecule has 0 bridgehead atoms. The van der Waals surface area contributed by atoms with E-state index in [-0.39, 0.29) is 24.3 Å². The van der Waals surface area contributed by atoms with E-state index < -0.39 is 24.5 Å². The predicted molar refractivity (Wildman–Crippen MR) is 109 cm³/mol. The largest absolute Gasteiger partial charge is 0.454 e. The lowest BCUT2D eigenvalue weighted by Crippen LogP contribution is -2.47. The van der Waals surface area contributed by atoms with Crippen molar-refractivity contribution in [3.8, 4) is 0 Å². The van der Waals surface area contributed by atoms with Crippen LogP contribution in [0.1, 0.15) is 23.5 Å². The summed E-state index contributed by atoms with van der Waals surface area (Å²) in [5, 5.41) is 7.11. The van der Waals surface area contributed by atoms with Crippen LogP contribution in [-0.4, -0.2) is 42.9 Å². The Morgan fingerprint density at radius 3 is 2.66 bits per heavy atom. The molecule has 1 aliphatic rings. The summed E-state index contributed by atoms with van der Waals surface area (Å²) in [6.07, 6.45) is 0. The highest BCUT2D eigenvalue weighted by Crippen LogP contribution is 2.28. The van der Waals surface area contributed by atoms with Gasteiger partial charge in [-0.25, -0.2) is 4.79 Å². The van der Waals surface area contributed by atoms with Crippen molar-refractivity contribution in [3.63, 3.8) is 0 Å². The number of rotatable bonds is 6. The zero-order valence-corrected chi connectivity index (χ0v) is 16.8. The monoisotopic (exact) mass is 415 g/mol. The minimum atomic E-state index is -0.894. The Morgan fingerprint density at radius 1 is 1.21 bits per heavy atom. The van der Waals surface area contributed by atoms with E-state index in [2.05, 4.69) is 10.6 Å². The number of ether oxygens (including phenoxy) is 1. The Hall–Kier alpha value is -3.20. The molecule has 1 aromatic heterocycles. The van der Waals surface area contributed by atoms with Gasteiger partial charge in [0, 0.05) is 0 Å². The number of fused-ring (bicyclic) bond motifs is 1. The molecule has 0 aliphatic carbocycles. The molecule has 1 aliphatic heterocycles. The lowest BCUT2D eigenvalue weighted by molar-refractivity contribution is -0.150. The zero-order chi connectivity index (χ0) is 21.0. The first-order valence-electron chi connectivity index (χ1n) is 9.07. The molecular weight excluding hydrogens is 394 g/mol. The Morgan fingerprint density at radius 2 is 1.97 bits per heavy atom. The van der Waals surface area contributed by atoms with Crippen molar-refractivity contribution in [1.29, 1.82) is 0 Å². The third kappa shape index (κ3) is 4.80. The summed E-state index contributed by atoms with van der Waals surface area (Å²) in [6, 6.07) is 9.39. The molecule has 8 nitrogen and oxygen atoms in total. The molecular formula is C20H21N3O5S.